The Balaban J connectivity index is 1.64. The Morgan fingerprint density at radius 3 is 3.00 bits per heavy atom. The summed E-state index contributed by atoms with van der Waals surface area (Å²) in [6.45, 7) is 0.314. The van der Waals surface area contributed by atoms with E-state index in [2.05, 4.69) is 15.3 Å². The number of nitrogens with zero attached hydrogens (tertiary/aromatic N) is 5. The van der Waals surface area contributed by atoms with Crippen LogP contribution in [0, 0.1) is 11.3 Å². The molecule has 1 spiro atoms. The van der Waals surface area contributed by atoms with Gasteiger partial charge in [-0.25, -0.2) is 18.7 Å². The van der Waals surface area contributed by atoms with Crippen molar-refractivity contribution in [2.24, 2.45) is 0 Å². The quantitative estimate of drug-likeness (QED) is 0.856. The number of amides is 1. The van der Waals surface area contributed by atoms with Gasteiger partial charge in [0.2, 0.25) is 5.91 Å². The normalized spacial score (nSPS) is 26.0. The largest absolute Gasteiger partial charge is 0.385 e. The number of likely N-dealkylation sites (tertiary alicyclic amines) is 1. The molecule has 1 N–H and O–H groups in total. The Hall–Kier alpha value is -2.76. The maximum Gasteiger partial charge on any atom is 0.289 e. The summed E-state index contributed by atoms with van der Waals surface area (Å²) in [5, 5.41) is 11.8. The average molecular weight is 346 g/mol. The van der Waals surface area contributed by atoms with Crippen molar-refractivity contribution in [3.05, 3.63) is 23.8 Å². The number of hydrogen-bond acceptors (Lipinski definition) is 6. The number of hydrogen-bond donors (Lipinski definition) is 1. The first kappa shape index (κ1) is 15.7. The maximum atomic E-state index is 14.4. The summed E-state index contributed by atoms with van der Waals surface area (Å²) in [6, 6.07) is 1.75. The van der Waals surface area contributed by atoms with E-state index < -0.39 is 23.9 Å². The molecule has 4 rings (SSSR count). The molecule has 0 radical (unpaired) electrons. The van der Waals surface area contributed by atoms with Crippen LogP contribution in [0.2, 0.25) is 0 Å². The van der Waals surface area contributed by atoms with Crippen LogP contribution >= 0.6 is 0 Å². The molecule has 3 aliphatic rings. The van der Waals surface area contributed by atoms with E-state index in [1.54, 1.807) is 17.2 Å². The fraction of sp³-hybridized carbons (Fsp3) is 0.500. The Bertz CT molecular complexity index is 804. The van der Waals surface area contributed by atoms with Gasteiger partial charge in [0.05, 0.1) is 24.9 Å². The van der Waals surface area contributed by atoms with Crippen LogP contribution in [0.15, 0.2) is 12.5 Å². The van der Waals surface area contributed by atoms with Gasteiger partial charge >= 0.3 is 0 Å². The molecule has 7 nitrogen and oxygen atoms in total. The number of halogens is 2. The van der Waals surface area contributed by atoms with Crippen LogP contribution in [-0.2, 0) is 11.3 Å². The van der Waals surface area contributed by atoms with Gasteiger partial charge in [0.15, 0.2) is 0 Å². The first-order valence-electron chi connectivity index (χ1n) is 8.02. The van der Waals surface area contributed by atoms with E-state index in [9.17, 15) is 13.6 Å². The average Bonchev–Trinajstić information content (AvgIpc) is 3.08. The van der Waals surface area contributed by atoms with E-state index in [1.807, 2.05) is 6.08 Å². The van der Waals surface area contributed by atoms with E-state index >= 15 is 0 Å². The number of anilines is 1. The smallest absolute Gasteiger partial charge is 0.289 e. The SMILES string of the molecule is N#CCC(=O)N1CC(F)(F)C12CCN(c1ncnc3c1C=CNC3)C2. The molecule has 1 amide bonds. The van der Waals surface area contributed by atoms with Gasteiger partial charge in [0, 0.05) is 18.7 Å². The summed E-state index contributed by atoms with van der Waals surface area (Å²) in [4.78, 5) is 23.5. The third-order valence-corrected chi connectivity index (χ3v) is 5.22. The van der Waals surface area contributed by atoms with Crippen molar-refractivity contribution < 1.29 is 13.6 Å². The molecule has 9 heteroatoms. The van der Waals surface area contributed by atoms with Crippen LogP contribution in [-0.4, -0.2) is 51.9 Å². The first-order chi connectivity index (χ1) is 12.0. The summed E-state index contributed by atoms with van der Waals surface area (Å²) >= 11 is 0. The number of nitrogens with one attached hydrogen (secondary N) is 1. The Morgan fingerprint density at radius 1 is 1.40 bits per heavy atom. The Labute approximate surface area is 142 Å². The lowest BCUT2D eigenvalue weighted by Gasteiger charge is -2.55. The topological polar surface area (TPSA) is 85.2 Å². The zero-order chi connectivity index (χ0) is 17.7. The lowest BCUT2D eigenvalue weighted by Crippen LogP contribution is -2.77. The Kier molecular flexibility index (Phi) is 3.39. The summed E-state index contributed by atoms with van der Waals surface area (Å²) in [7, 11) is 0. The number of alkyl halides is 2. The molecule has 3 aliphatic heterocycles. The standard InChI is InChI=1S/C16H16F2N6O/c17-16(18)9-24(13(25)1-4-19)15(16)3-6-23(8-15)14-11-2-5-20-7-12(11)21-10-22-14/h2,5,10,20H,1,3,6-9H2. The van der Waals surface area contributed by atoms with Crippen molar-refractivity contribution in [2.75, 3.05) is 24.5 Å². The number of aromatic nitrogens is 2. The molecule has 2 fully saturated rings. The van der Waals surface area contributed by atoms with Crippen molar-refractivity contribution >= 4 is 17.8 Å². The van der Waals surface area contributed by atoms with E-state index in [4.69, 9.17) is 5.26 Å². The molecule has 25 heavy (non-hydrogen) atoms. The van der Waals surface area contributed by atoms with Gasteiger partial charge in [-0.15, -0.1) is 0 Å². The molecule has 1 aromatic rings. The minimum absolute atomic E-state index is 0.00188. The minimum atomic E-state index is -2.96. The minimum Gasteiger partial charge on any atom is -0.385 e. The van der Waals surface area contributed by atoms with E-state index in [0.717, 1.165) is 11.3 Å². The van der Waals surface area contributed by atoms with Crippen LogP contribution in [0.4, 0.5) is 14.6 Å². The lowest BCUT2D eigenvalue weighted by molar-refractivity contribution is -0.233. The maximum absolute atomic E-state index is 14.4. The summed E-state index contributed by atoms with van der Waals surface area (Å²) in [6.07, 6.45) is 4.81. The van der Waals surface area contributed by atoms with Gasteiger partial charge in [-0.1, -0.05) is 0 Å². The van der Waals surface area contributed by atoms with Crippen molar-refractivity contribution in [3.63, 3.8) is 0 Å². The highest BCUT2D eigenvalue weighted by Crippen LogP contribution is 2.51. The van der Waals surface area contributed by atoms with E-state index in [0.29, 0.717) is 18.9 Å². The molecule has 0 aliphatic carbocycles. The van der Waals surface area contributed by atoms with Crippen molar-refractivity contribution in [1.29, 1.82) is 5.26 Å². The van der Waals surface area contributed by atoms with Gasteiger partial charge in [-0.2, -0.15) is 5.26 Å². The molecule has 1 unspecified atom stereocenters. The summed E-state index contributed by atoms with van der Waals surface area (Å²) < 4.78 is 28.8. The molecular weight excluding hydrogens is 330 g/mol. The molecule has 4 heterocycles. The fourth-order valence-corrected chi connectivity index (χ4v) is 3.87. The lowest BCUT2D eigenvalue weighted by atomic mass is 9.79. The number of nitriles is 1. The molecule has 130 valence electrons. The first-order valence-corrected chi connectivity index (χ1v) is 8.02. The number of carbonyl (C=O) groups is 1. The molecule has 0 bridgehead atoms. The van der Waals surface area contributed by atoms with Crippen LogP contribution in [0.3, 0.4) is 0 Å². The van der Waals surface area contributed by atoms with Gasteiger partial charge in [-0.05, 0) is 18.7 Å². The molecular formula is C16H16F2N6O. The van der Waals surface area contributed by atoms with Crippen LogP contribution in [0.5, 0.6) is 0 Å². The second-order valence-corrected chi connectivity index (χ2v) is 6.49. The van der Waals surface area contributed by atoms with Crippen molar-refractivity contribution in [1.82, 2.24) is 20.2 Å². The third-order valence-electron chi connectivity index (χ3n) is 5.22. The molecule has 0 aromatic carbocycles. The van der Waals surface area contributed by atoms with Crippen molar-refractivity contribution in [3.8, 4) is 6.07 Å². The number of rotatable bonds is 2. The van der Waals surface area contributed by atoms with Gasteiger partial charge in [0.1, 0.15) is 24.1 Å². The molecule has 1 aromatic heterocycles. The highest BCUT2D eigenvalue weighted by Gasteiger charge is 2.70. The second-order valence-electron chi connectivity index (χ2n) is 6.49. The molecule has 0 saturated carbocycles. The Morgan fingerprint density at radius 2 is 2.24 bits per heavy atom. The second kappa shape index (κ2) is 5.37. The van der Waals surface area contributed by atoms with Crippen LogP contribution in [0.1, 0.15) is 24.1 Å². The van der Waals surface area contributed by atoms with Gasteiger partial charge < -0.3 is 15.1 Å². The fourth-order valence-electron chi connectivity index (χ4n) is 3.87. The predicted molar refractivity (Wildman–Crippen MR) is 84.4 cm³/mol. The zero-order valence-corrected chi connectivity index (χ0v) is 13.4. The molecule has 2 saturated heterocycles. The van der Waals surface area contributed by atoms with Gasteiger partial charge in [0.25, 0.3) is 5.92 Å². The number of carbonyl (C=O) groups excluding carboxylic acids is 1. The van der Waals surface area contributed by atoms with E-state index in [1.165, 1.54) is 11.2 Å². The highest BCUT2D eigenvalue weighted by molar-refractivity contribution is 5.81. The molecule has 1 atom stereocenters. The van der Waals surface area contributed by atoms with Crippen LogP contribution < -0.4 is 10.2 Å². The van der Waals surface area contributed by atoms with Gasteiger partial charge in [-0.3, -0.25) is 4.79 Å². The van der Waals surface area contributed by atoms with Crippen molar-refractivity contribution in [2.45, 2.75) is 30.8 Å². The van der Waals surface area contributed by atoms with E-state index in [-0.39, 0.29) is 19.4 Å². The zero-order valence-electron chi connectivity index (χ0n) is 13.4. The number of fused-ring (bicyclic) bond motifs is 1. The summed E-state index contributed by atoms with van der Waals surface area (Å²) in [5.74, 6) is -2.89. The monoisotopic (exact) mass is 346 g/mol. The third kappa shape index (κ3) is 2.17. The predicted octanol–water partition coefficient (Wildman–Crippen LogP) is 0.891. The van der Waals surface area contributed by atoms with Crippen LogP contribution in [0.25, 0.3) is 6.08 Å². The summed E-state index contributed by atoms with van der Waals surface area (Å²) in [5.41, 5.74) is 0.0807. The highest BCUT2D eigenvalue weighted by atomic mass is 19.3.